The van der Waals surface area contributed by atoms with Crippen LogP contribution in [0, 0.1) is 0 Å². The topological polar surface area (TPSA) is 12.0 Å². The van der Waals surface area contributed by atoms with Crippen LogP contribution in [0.3, 0.4) is 0 Å². The third kappa shape index (κ3) is 5.37. The Hall–Kier alpha value is 0.01000. The van der Waals surface area contributed by atoms with E-state index in [-0.39, 0.29) is 0 Å². The van der Waals surface area contributed by atoms with Crippen molar-refractivity contribution >= 4 is 27.7 Å². The molecule has 0 bridgehead atoms. The van der Waals surface area contributed by atoms with Gasteiger partial charge in [-0.15, -0.1) is 0 Å². The molecule has 0 spiro atoms. The molecular weight excluding hydrogens is 282 g/mol. The third-order valence-electron chi connectivity index (χ3n) is 2.53. The molecule has 0 aliphatic rings. The number of halogens is 1. The van der Waals surface area contributed by atoms with Crippen LogP contribution < -0.4 is 5.32 Å². The van der Waals surface area contributed by atoms with E-state index in [9.17, 15) is 0 Å². The minimum Gasteiger partial charge on any atom is -0.314 e. The largest absolute Gasteiger partial charge is 0.314 e. The normalized spacial score (nSPS) is 12.7. The summed E-state index contributed by atoms with van der Waals surface area (Å²) in [6.45, 7) is 3.22. The summed E-state index contributed by atoms with van der Waals surface area (Å²) in [5.74, 6) is 1.23. The lowest BCUT2D eigenvalue weighted by Crippen LogP contribution is -2.31. The number of likely N-dealkylation sites (N-methyl/N-ethyl adjacent to an activating group) is 1. The van der Waals surface area contributed by atoms with Crippen molar-refractivity contribution in [3.63, 3.8) is 0 Å². The molecular formula is C13H20BrNS. The molecule has 0 amide bonds. The predicted octanol–water partition coefficient (Wildman–Crippen LogP) is 3.72. The van der Waals surface area contributed by atoms with Crippen LogP contribution in [0.25, 0.3) is 0 Å². The Labute approximate surface area is 112 Å². The summed E-state index contributed by atoms with van der Waals surface area (Å²) < 4.78 is 1.17. The molecule has 0 aliphatic carbocycles. The highest BCUT2D eigenvalue weighted by molar-refractivity contribution is 9.10. The number of hydrogen-bond acceptors (Lipinski definition) is 2. The summed E-state index contributed by atoms with van der Waals surface area (Å²) in [7, 11) is 0. The van der Waals surface area contributed by atoms with E-state index in [1.807, 2.05) is 11.8 Å². The number of thioether (sulfide) groups is 1. The van der Waals surface area contributed by atoms with Crippen LogP contribution in [0.1, 0.15) is 18.9 Å². The summed E-state index contributed by atoms with van der Waals surface area (Å²) in [5.41, 5.74) is 1.40. The van der Waals surface area contributed by atoms with Crippen molar-refractivity contribution in [1.82, 2.24) is 5.32 Å². The molecule has 1 nitrogen and oxygen atoms in total. The van der Waals surface area contributed by atoms with E-state index in [0.717, 1.165) is 13.0 Å². The second-order valence-corrected chi connectivity index (χ2v) is 5.77. The van der Waals surface area contributed by atoms with Crippen molar-refractivity contribution in [2.75, 3.05) is 18.6 Å². The van der Waals surface area contributed by atoms with Crippen LogP contribution in [0.2, 0.25) is 0 Å². The zero-order valence-electron chi connectivity index (χ0n) is 10.0. The molecule has 0 fully saturated rings. The van der Waals surface area contributed by atoms with Crippen molar-refractivity contribution in [3.05, 3.63) is 34.3 Å². The molecule has 0 aliphatic heterocycles. The molecule has 1 N–H and O–H groups in total. The number of hydrogen-bond donors (Lipinski definition) is 1. The SMILES string of the molecule is CCNC(CCSC)Cc1cccc(Br)c1. The molecule has 16 heavy (non-hydrogen) atoms. The average Bonchev–Trinajstić information content (AvgIpc) is 2.26. The first-order chi connectivity index (χ1) is 7.76. The molecule has 1 rings (SSSR count). The Balaban J connectivity index is 2.52. The van der Waals surface area contributed by atoms with E-state index < -0.39 is 0 Å². The van der Waals surface area contributed by atoms with E-state index in [1.54, 1.807) is 0 Å². The standard InChI is InChI=1S/C13H20BrNS/c1-3-15-13(7-8-16-2)10-11-5-4-6-12(14)9-11/h4-6,9,13,15H,3,7-8,10H2,1-2H3. The summed E-state index contributed by atoms with van der Waals surface area (Å²) >= 11 is 5.44. The van der Waals surface area contributed by atoms with Crippen LogP contribution in [0.4, 0.5) is 0 Å². The molecule has 1 unspecified atom stereocenters. The molecule has 1 aromatic rings. The van der Waals surface area contributed by atoms with Gasteiger partial charge in [0.05, 0.1) is 0 Å². The second kappa shape index (κ2) is 8.15. The van der Waals surface area contributed by atoms with Gasteiger partial charge in [0, 0.05) is 10.5 Å². The molecule has 0 saturated heterocycles. The van der Waals surface area contributed by atoms with Crippen LogP contribution in [0.15, 0.2) is 28.7 Å². The maximum absolute atomic E-state index is 3.56. The molecule has 1 aromatic carbocycles. The lowest BCUT2D eigenvalue weighted by Gasteiger charge is -2.17. The highest BCUT2D eigenvalue weighted by atomic mass is 79.9. The van der Waals surface area contributed by atoms with Crippen molar-refractivity contribution in [1.29, 1.82) is 0 Å². The molecule has 0 radical (unpaired) electrons. The molecule has 90 valence electrons. The van der Waals surface area contributed by atoms with Gasteiger partial charge in [0.2, 0.25) is 0 Å². The Kier molecular flexibility index (Phi) is 7.17. The second-order valence-electron chi connectivity index (χ2n) is 3.87. The molecule has 3 heteroatoms. The van der Waals surface area contributed by atoms with E-state index in [1.165, 1.54) is 22.2 Å². The van der Waals surface area contributed by atoms with Gasteiger partial charge in [-0.2, -0.15) is 11.8 Å². The lowest BCUT2D eigenvalue weighted by atomic mass is 10.0. The zero-order valence-corrected chi connectivity index (χ0v) is 12.4. The fraction of sp³-hybridized carbons (Fsp3) is 0.538. The minimum absolute atomic E-state index is 0.603. The molecule has 0 heterocycles. The summed E-state index contributed by atoms with van der Waals surface area (Å²) in [6.07, 6.45) is 4.53. The minimum atomic E-state index is 0.603. The number of nitrogens with one attached hydrogen (secondary N) is 1. The predicted molar refractivity (Wildman–Crippen MR) is 78.3 cm³/mol. The molecule has 0 saturated carbocycles. The highest BCUT2D eigenvalue weighted by Crippen LogP contribution is 2.14. The van der Waals surface area contributed by atoms with Gasteiger partial charge in [0.1, 0.15) is 0 Å². The smallest absolute Gasteiger partial charge is 0.0178 e. The van der Waals surface area contributed by atoms with Crippen molar-refractivity contribution in [2.45, 2.75) is 25.8 Å². The maximum Gasteiger partial charge on any atom is 0.0178 e. The van der Waals surface area contributed by atoms with Gasteiger partial charge >= 0.3 is 0 Å². The van der Waals surface area contributed by atoms with E-state index in [4.69, 9.17) is 0 Å². The van der Waals surface area contributed by atoms with Gasteiger partial charge in [-0.05, 0) is 49.1 Å². The van der Waals surface area contributed by atoms with Gasteiger partial charge in [-0.25, -0.2) is 0 Å². The quantitative estimate of drug-likeness (QED) is 0.824. The van der Waals surface area contributed by atoms with Gasteiger partial charge in [0.25, 0.3) is 0 Å². The number of benzene rings is 1. The first kappa shape index (κ1) is 14.1. The monoisotopic (exact) mass is 301 g/mol. The Morgan fingerprint density at radius 3 is 2.88 bits per heavy atom. The van der Waals surface area contributed by atoms with E-state index >= 15 is 0 Å². The maximum atomic E-state index is 3.56. The average molecular weight is 302 g/mol. The van der Waals surface area contributed by atoms with Gasteiger partial charge in [-0.3, -0.25) is 0 Å². The van der Waals surface area contributed by atoms with Crippen molar-refractivity contribution in [3.8, 4) is 0 Å². The third-order valence-corrected chi connectivity index (χ3v) is 3.67. The van der Waals surface area contributed by atoms with Crippen molar-refractivity contribution in [2.24, 2.45) is 0 Å². The zero-order chi connectivity index (χ0) is 11.8. The number of rotatable bonds is 7. The van der Waals surface area contributed by atoms with E-state index in [2.05, 4.69) is 58.7 Å². The lowest BCUT2D eigenvalue weighted by molar-refractivity contribution is 0.513. The molecule has 1 atom stereocenters. The Morgan fingerprint density at radius 2 is 2.25 bits per heavy atom. The van der Waals surface area contributed by atoms with Crippen LogP contribution >= 0.6 is 27.7 Å². The summed E-state index contributed by atoms with van der Waals surface area (Å²) in [5, 5.41) is 3.56. The van der Waals surface area contributed by atoms with Crippen LogP contribution in [-0.2, 0) is 6.42 Å². The van der Waals surface area contributed by atoms with E-state index in [0.29, 0.717) is 6.04 Å². The molecule has 0 aromatic heterocycles. The first-order valence-corrected chi connectivity index (χ1v) is 7.91. The van der Waals surface area contributed by atoms with Gasteiger partial charge < -0.3 is 5.32 Å². The Morgan fingerprint density at radius 1 is 1.44 bits per heavy atom. The van der Waals surface area contributed by atoms with Crippen LogP contribution in [0.5, 0.6) is 0 Å². The fourth-order valence-corrected chi connectivity index (χ4v) is 2.74. The summed E-state index contributed by atoms with van der Waals surface area (Å²) in [4.78, 5) is 0. The van der Waals surface area contributed by atoms with Gasteiger partial charge in [0.15, 0.2) is 0 Å². The highest BCUT2D eigenvalue weighted by Gasteiger charge is 2.07. The van der Waals surface area contributed by atoms with Crippen molar-refractivity contribution < 1.29 is 0 Å². The fourth-order valence-electron chi connectivity index (χ4n) is 1.77. The van der Waals surface area contributed by atoms with Gasteiger partial charge in [-0.1, -0.05) is 35.0 Å². The summed E-state index contributed by atoms with van der Waals surface area (Å²) in [6, 6.07) is 9.20. The van der Waals surface area contributed by atoms with Crippen LogP contribution in [-0.4, -0.2) is 24.6 Å². The Bertz CT molecular complexity index is 304. The first-order valence-electron chi connectivity index (χ1n) is 5.73.